The van der Waals surface area contributed by atoms with Gasteiger partial charge in [-0.15, -0.1) is 0 Å². The fraction of sp³-hybridized carbons (Fsp3) is 0.636. The number of ether oxygens (including phenoxy) is 1. The maximum Gasteiger partial charge on any atom is 0.0713 e. The first kappa shape index (κ1) is 11.0. The van der Waals surface area contributed by atoms with Crippen molar-refractivity contribution in [1.29, 1.82) is 0 Å². The Hall–Kier alpha value is -0.0800. The molecule has 1 aliphatic rings. The Morgan fingerprint density at radius 1 is 1.31 bits per heavy atom. The summed E-state index contributed by atoms with van der Waals surface area (Å²) in [5, 5.41) is 1.08. The third-order valence-corrected chi connectivity index (χ3v) is 2.57. The van der Waals surface area contributed by atoms with Gasteiger partial charge in [0.15, 0.2) is 0 Å². The van der Waals surface area contributed by atoms with Gasteiger partial charge in [0.05, 0.1) is 6.61 Å². The second kappa shape index (κ2) is 7.34. The van der Waals surface area contributed by atoms with E-state index in [4.69, 9.17) is 4.74 Å². The van der Waals surface area contributed by atoms with E-state index in [1.807, 2.05) is 0 Å². The van der Waals surface area contributed by atoms with Crippen LogP contribution in [0.1, 0.15) is 25.7 Å². The van der Waals surface area contributed by atoms with Gasteiger partial charge in [0, 0.05) is 11.9 Å². The van der Waals surface area contributed by atoms with Crippen LogP contribution < -0.4 is 0 Å². The largest absolute Gasteiger partial charge is 0.377 e. The summed E-state index contributed by atoms with van der Waals surface area (Å²) in [4.78, 5) is 0. The molecule has 0 aliphatic heterocycles. The van der Waals surface area contributed by atoms with E-state index in [9.17, 15) is 0 Å². The van der Waals surface area contributed by atoms with Gasteiger partial charge in [-0.3, -0.25) is 0 Å². The lowest BCUT2D eigenvalue weighted by Gasteiger charge is -2.07. The molecule has 0 aromatic carbocycles. The Kier molecular flexibility index (Phi) is 6.21. The van der Waals surface area contributed by atoms with Crippen LogP contribution in [0.25, 0.3) is 0 Å². The topological polar surface area (TPSA) is 9.23 Å². The Labute approximate surface area is 89.0 Å². The molecule has 0 aromatic rings. The van der Waals surface area contributed by atoms with Gasteiger partial charge >= 0.3 is 0 Å². The molecule has 0 unspecified atom stereocenters. The van der Waals surface area contributed by atoms with Crippen molar-refractivity contribution in [2.24, 2.45) is 0 Å². The third-order valence-electron chi connectivity index (χ3n) is 2.01. The third kappa shape index (κ3) is 5.27. The van der Waals surface area contributed by atoms with Crippen LogP contribution in [0.2, 0.25) is 0 Å². The van der Waals surface area contributed by atoms with Crippen molar-refractivity contribution in [3.05, 3.63) is 23.8 Å². The predicted molar refractivity (Wildman–Crippen MR) is 60.3 cm³/mol. The average molecular weight is 245 g/mol. The molecule has 0 saturated heterocycles. The number of hydrogen-bond acceptors (Lipinski definition) is 1. The van der Waals surface area contributed by atoms with E-state index in [2.05, 4.69) is 34.2 Å². The Balaban J connectivity index is 1.99. The van der Waals surface area contributed by atoms with Gasteiger partial charge in [-0.1, -0.05) is 34.2 Å². The van der Waals surface area contributed by atoms with Crippen molar-refractivity contribution < 1.29 is 4.74 Å². The van der Waals surface area contributed by atoms with Gasteiger partial charge in [-0.05, 0) is 31.3 Å². The molecule has 0 radical (unpaired) electrons. The van der Waals surface area contributed by atoms with Crippen molar-refractivity contribution in [2.75, 3.05) is 18.5 Å². The first-order chi connectivity index (χ1) is 6.43. The molecule has 1 rings (SSSR count). The van der Waals surface area contributed by atoms with Crippen LogP contribution in [0.5, 0.6) is 0 Å². The van der Waals surface area contributed by atoms with Gasteiger partial charge in [0.2, 0.25) is 0 Å². The smallest absolute Gasteiger partial charge is 0.0713 e. The monoisotopic (exact) mass is 244 g/mol. The standard InChI is InChI=1S/C11H17BrO/c12-8-4-5-9-13-10-11-6-2-1-3-7-11/h2,6-7H,1,3-5,8-10H2. The van der Waals surface area contributed by atoms with Crippen LogP contribution in [0.3, 0.4) is 0 Å². The number of halogens is 1. The molecule has 74 valence electrons. The molecule has 0 N–H and O–H groups in total. The fourth-order valence-electron chi connectivity index (χ4n) is 1.26. The van der Waals surface area contributed by atoms with Crippen molar-refractivity contribution >= 4 is 15.9 Å². The SMILES string of the molecule is BrCCCCOCC1=CCCC=C1. The first-order valence-corrected chi connectivity index (χ1v) is 6.05. The summed E-state index contributed by atoms with van der Waals surface area (Å²) in [5.74, 6) is 0. The molecule has 0 fully saturated rings. The van der Waals surface area contributed by atoms with E-state index >= 15 is 0 Å². The van der Waals surface area contributed by atoms with Crippen LogP contribution in [-0.4, -0.2) is 18.5 Å². The van der Waals surface area contributed by atoms with Gasteiger partial charge in [-0.2, -0.15) is 0 Å². The summed E-state index contributed by atoms with van der Waals surface area (Å²) in [6.07, 6.45) is 11.4. The number of alkyl halides is 1. The summed E-state index contributed by atoms with van der Waals surface area (Å²) in [6.45, 7) is 1.68. The summed E-state index contributed by atoms with van der Waals surface area (Å²) >= 11 is 3.40. The highest BCUT2D eigenvalue weighted by Crippen LogP contribution is 2.09. The van der Waals surface area contributed by atoms with E-state index in [1.54, 1.807) is 0 Å². The maximum atomic E-state index is 5.53. The van der Waals surface area contributed by atoms with Crippen molar-refractivity contribution in [1.82, 2.24) is 0 Å². The molecule has 2 heteroatoms. The normalized spacial score (nSPS) is 15.9. The predicted octanol–water partition coefficient (Wildman–Crippen LogP) is 3.45. The molecule has 0 spiro atoms. The summed E-state index contributed by atoms with van der Waals surface area (Å²) in [7, 11) is 0. The highest BCUT2D eigenvalue weighted by molar-refractivity contribution is 9.09. The van der Waals surface area contributed by atoms with E-state index in [-0.39, 0.29) is 0 Å². The van der Waals surface area contributed by atoms with Crippen molar-refractivity contribution in [3.8, 4) is 0 Å². The molecule has 0 aromatic heterocycles. The minimum atomic E-state index is 0.790. The highest BCUT2D eigenvalue weighted by atomic mass is 79.9. The molecule has 0 heterocycles. The second-order valence-corrected chi connectivity index (χ2v) is 4.00. The summed E-state index contributed by atoms with van der Waals surface area (Å²) in [6, 6.07) is 0. The molecule has 0 atom stereocenters. The number of rotatable bonds is 6. The lowest BCUT2D eigenvalue weighted by Crippen LogP contribution is -2.00. The molecule has 1 nitrogen and oxygen atoms in total. The minimum absolute atomic E-state index is 0.790. The second-order valence-electron chi connectivity index (χ2n) is 3.21. The first-order valence-electron chi connectivity index (χ1n) is 4.93. The van der Waals surface area contributed by atoms with E-state index in [1.165, 1.54) is 24.8 Å². The summed E-state index contributed by atoms with van der Waals surface area (Å²) < 4.78 is 5.53. The van der Waals surface area contributed by atoms with Crippen LogP contribution in [0.15, 0.2) is 23.8 Å². The molecular formula is C11H17BrO. The fourth-order valence-corrected chi connectivity index (χ4v) is 1.66. The highest BCUT2D eigenvalue weighted by Gasteiger charge is 1.96. The number of hydrogen-bond donors (Lipinski definition) is 0. The zero-order chi connectivity index (χ0) is 9.36. The lowest BCUT2D eigenvalue weighted by atomic mass is 10.1. The van der Waals surface area contributed by atoms with Gasteiger partial charge in [-0.25, -0.2) is 0 Å². The summed E-state index contributed by atoms with van der Waals surface area (Å²) in [5.41, 5.74) is 1.34. The quantitative estimate of drug-likeness (QED) is 0.514. The minimum Gasteiger partial charge on any atom is -0.377 e. The Morgan fingerprint density at radius 3 is 2.92 bits per heavy atom. The van der Waals surface area contributed by atoms with Gasteiger partial charge in [0.25, 0.3) is 0 Å². The van der Waals surface area contributed by atoms with Crippen LogP contribution in [0.4, 0.5) is 0 Å². The van der Waals surface area contributed by atoms with E-state index in [0.717, 1.165) is 25.0 Å². The average Bonchev–Trinajstić information content (AvgIpc) is 2.19. The molecule has 1 aliphatic carbocycles. The number of unbranched alkanes of at least 4 members (excludes halogenated alkanes) is 1. The van der Waals surface area contributed by atoms with Crippen LogP contribution >= 0.6 is 15.9 Å². The molecule has 0 saturated carbocycles. The molecule has 0 amide bonds. The zero-order valence-electron chi connectivity index (χ0n) is 7.97. The maximum absolute atomic E-state index is 5.53. The molecular weight excluding hydrogens is 228 g/mol. The molecule has 0 bridgehead atoms. The Morgan fingerprint density at radius 2 is 2.23 bits per heavy atom. The number of allylic oxidation sites excluding steroid dienone is 2. The van der Waals surface area contributed by atoms with Gasteiger partial charge < -0.3 is 4.74 Å². The van der Waals surface area contributed by atoms with Crippen LogP contribution in [0, 0.1) is 0 Å². The van der Waals surface area contributed by atoms with Gasteiger partial charge in [0.1, 0.15) is 0 Å². The molecule has 13 heavy (non-hydrogen) atoms. The van der Waals surface area contributed by atoms with Crippen molar-refractivity contribution in [3.63, 3.8) is 0 Å². The van der Waals surface area contributed by atoms with Crippen LogP contribution in [-0.2, 0) is 4.74 Å². The van der Waals surface area contributed by atoms with E-state index < -0.39 is 0 Å². The van der Waals surface area contributed by atoms with E-state index in [0.29, 0.717) is 0 Å². The Bertz CT molecular complexity index is 185. The lowest BCUT2D eigenvalue weighted by molar-refractivity contribution is 0.154. The zero-order valence-corrected chi connectivity index (χ0v) is 9.55. The van der Waals surface area contributed by atoms with Crippen molar-refractivity contribution in [2.45, 2.75) is 25.7 Å².